The van der Waals surface area contributed by atoms with Gasteiger partial charge in [0.1, 0.15) is 0 Å². The highest BCUT2D eigenvalue weighted by atomic mass is 35.5. The second kappa shape index (κ2) is 3.75. The predicted octanol–water partition coefficient (Wildman–Crippen LogP) is 2.48. The second-order valence-electron chi connectivity index (χ2n) is 2.73. The summed E-state index contributed by atoms with van der Waals surface area (Å²) in [5.74, 6) is 0.420. The number of hydrogen-bond acceptors (Lipinski definition) is 2. The van der Waals surface area contributed by atoms with Gasteiger partial charge in [-0.15, -0.1) is 11.6 Å². The molecule has 1 atom stereocenters. The SMILES string of the molecule is CC1=CCP(=O)(OCCCl)C1. The summed E-state index contributed by atoms with van der Waals surface area (Å²) < 4.78 is 16.8. The fourth-order valence-corrected chi connectivity index (χ4v) is 3.52. The van der Waals surface area contributed by atoms with Gasteiger partial charge in [0.2, 0.25) is 7.37 Å². The largest absolute Gasteiger partial charge is 0.327 e. The Morgan fingerprint density at radius 2 is 2.55 bits per heavy atom. The van der Waals surface area contributed by atoms with Crippen LogP contribution < -0.4 is 0 Å². The second-order valence-corrected chi connectivity index (χ2v) is 5.67. The molecule has 1 unspecified atom stereocenters. The van der Waals surface area contributed by atoms with Crippen molar-refractivity contribution in [3.63, 3.8) is 0 Å². The fourth-order valence-electron chi connectivity index (χ4n) is 1.10. The molecule has 0 aliphatic carbocycles. The molecule has 11 heavy (non-hydrogen) atoms. The van der Waals surface area contributed by atoms with E-state index in [4.69, 9.17) is 16.1 Å². The van der Waals surface area contributed by atoms with Crippen molar-refractivity contribution in [2.45, 2.75) is 6.92 Å². The summed E-state index contributed by atoms with van der Waals surface area (Å²) in [6.45, 7) is 2.38. The molecule has 0 radical (unpaired) electrons. The molecule has 0 saturated carbocycles. The molecule has 0 aromatic carbocycles. The lowest BCUT2D eigenvalue weighted by Gasteiger charge is -2.10. The van der Waals surface area contributed by atoms with E-state index in [-0.39, 0.29) is 0 Å². The number of allylic oxidation sites excluding steroid dienone is 2. The molecular weight excluding hydrogens is 183 g/mol. The van der Waals surface area contributed by atoms with E-state index in [1.807, 2.05) is 13.0 Å². The summed E-state index contributed by atoms with van der Waals surface area (Å²) in [5, 5.41) is 0. The van der Waals surface area contributed by atoms with Crippen LogP contribution in [0.2, 0.25) is 0 Å². The normalized spacial score (nSPS) is 30.5. The standard InChI is InChI=1S/C7H12ClO2P/c1-7-2-5-11(9,6-7)10-4-3-8/h2H,3-6H2,1H3. The van der Waals surface area contributed by atoms with Gasteiger partial charge < -0.3 is 4.52 Å². The van der Waals surface area contributed by atoms with Gasteiger partial charge in [0.25, 0.3) is 0 Å². The minimum atomic E-state index is -2.32. The Morgan fingerprint density at radius 3 is 3.00 bits per heavy atom. The first-order chi connectivity index (χ1) is 5.16. The molecule has 0 bridgehead atoms. The van der Waals surface area contributed by atoms with Crippen LogP contribution in [-0.2, 0) is 9.09 Å². The predicted molar refractivity (Wildman–Crippen MR) is 47.8 cm³/mol. The first-order valence-electron chi connectivity index (χ1n) is 3.60. The van der Waals surface area contributed by atoms with Gasteiger partial charge in [0.15, 0.2) is 0 Å². The van der Waals surface area contributed by atoms with Crippen molar-refractivity contribution in [3.05, 3.63) is 11.6 Å². The summed E-state index contributed by atoms with van der Waals surface area (Å²) in [4.78, 5) is 0. The Hall–Kier alpha value is 0.220. The van der Waals surface area contributed by atoms with Crippen LogP contribution in [0, 0.1) is 0 Å². The van der Waals surface area contributed by atoms with Crippen molar-refractivity contribution in [2.75, 3.05) is 24.8 Å². The van der Waals surface area contributed by atoms with Crippen LogP contribution in [-0.4, -0.2) is 24.8 Å². The minimum Gasteiger partial charge on any atom is -0.327 e. The van der Waals surface area contributed by atoms with Crippen molar-refractivity contribution in [3.8, 4) is 0 Å². The molecule has 0 saturated heterocycles. The maximum absolute atomic E-state index is 11.6. The quantitative estimate of drug-likeness (QED) is 0.392. The maximum atomic E-state index is 11.6. The first kappa shape index (κ1) is 9.31. The summed E-state index contributed by atoms with van der Waals surface area (Å²) >= 11 is 5.42. The molecule has 0 aromatic rings. The molecular formula is C7H12ClO2P. The van der Waals surface area contributed by atoms with Gasteiger partial charge in [-0.1, -0.05) is 11.6 Å². The third-order valence-electron chi connectivity index (χ3n) is 1.61. The zero-order valence-electron chi connectivity index (χ0n) is 6.55. The van der Waals surface area contributed by atoms with Crippen molar-refractivity contribution in [1.29, 1.82) is 0 Å². The van der Waals surface area contributed by atoms with Crippen molar-refractivity contribution in [2.24, 2.45) is 0 Å². The highest BCUT2D eigenvalue weighted by Gasteiger charge is 2.26. The smallest absolute Gasteiger partial charge is 0.210 e. The molecule has 4 heteroatoms. The third kappa shape index (κ3) is 2.62. The van der Waals surface area contributed by atoms with Gasteiger partial charge in [-0.05, 0) is 6.92 Å². The van der Waals surface area contributed by atoms with Gasteiger partial charge >= 0.3 is 0 Å². The van der Waals surface area contributed by atoms with E-state index in [2.05, 4.69) is 0 Å². The summed E-state index contributed by atoms with van der Waals surface area (Å²) in [6.07, 6.45) is 3.19. The molecule has 1 heterocycles. The number of rotatable bonds is 3. The van der Waals surface area contributed by atoms with Crippen LogP contribution in [0.15, 0.2) is 11.6 Å². The molecule has 0 fully saturated rings. The van der Waals surface area contributed by atoms with Gasteiger partial charge in [-0.25, -0.2) is 0 Å². The van der Waals surface area contributed by atoms with Crippen LogP contribution >= 0.6 is 19.0 Å². The molecule has 0 amide bonds. The summed E-state index contributed by atoms with van der Waals surface area (Å²) in [6, 6.07) is 0. The molecule has 2 nitrogen and oxygen atoms in total. The Morgan fingerprint density at radius 1 is 1.82 bits per heavy atom. The molecule has 0 spiro atoms. The Bertz CT molecular complexity index is 212. The summed E-state index contributed by atoms with van der Waals surface area (Å²) in [7, 11) is -2.32. The van der Waals surface area contributed by atoms with Crippen LogP contribution in [0.4, 0.5) is 0 Å². The average molecular weight is 195 g/mol. The Kier molecular flexibility index (Phi) is 3.17. The van der Waals surface area contributed by atoms with E-state index in [0.29, 0.717) is 24.8 Å². The van der Waals surface area contributed by atoms with E-state index in [1.54, 1.807) is 0 Å². The van der Waals surface area contributed by atoms with Crippen molar-refractivity contribution >= 4 is 19.0 Å². The van der Waals surface area contributed by atoms with E-state index in [1.165, 1.54) is 5.57 Å². The van der Waals surface area contributed by atoms with Crippen LogP contribution in [0.3, 0.4) is 0 Å². The number of halogens is 1. The van der Waals surface area contributed by atoms with Crippen molar-refractivity contribution < 1.29 is 9.09 Å². The minimum absolute atomic E-state index is 0.403. The first-order valence-corrected chi connectivity index (χ1v) is 6.13. The molecule has 1 rings (SSSR count). The van der Waals surface area contributed by atoms with E-state index in [9.17, 15) is 4.57 Å². The summed E-state index contributed by atoms with van der Waals surface area (Å²) in [5.41, 5.74) is 1.17. The highest BCUT2D eigenvalue weighted by molar-refractivity contribution is 7.59. The molecule has 1 aliphatic rings. The molecule has 1 aliphatic heterocycles. The highest BCUT2D eigenvalue weighted by Crippen LogP contribution is 2.52. The van der Waals surface area contributed by atoms with Gasteiger partial charge in [-0.3, -0.25) is 4.57 Å². The Labute approximate surface area is 72.0 Å². The lowest BCUT2D eigenvalue weighted by molar-refractivity contribution is 0.340. The topological polar surface area (TPSA) is 26.3 Å². The molecule has 0 N–H and O–H groups in total. The molecule has 64 valence electrons. The van der Waals surface area contributed by atoms with E-state index < -0.39 is 7.37 Å². The third-order valence-corrected chi connectivity index (χ3v) is 4.14. The molecule has 0 aromatic heterocycles. The van der Waals surface area contributed by atoms with E-state index >= 15 is 0 Å². The fraction of sp³-hybridized carbons (Fsp3) is 0.714. The maximum Gasteiger partial charge on any atom is 0.210 e. The Balaban J connectivity index is 2.40. The zero-order chi connectivity index (χ0) is 8.32. The van der Waals surface area contributed by atoms with Crippen LogP contribution in [0.25, 0.3) is 0 Å². The van der Waals surface area contributed by atoms with Crippen LogP contribution in [0.1, 0.15) is 6.92 Å². The van der Waals surface area contributed by atoms with Crippen LogP contribution in [0.5, 0.6) is 0 Å². The van der Waals surface area contributed by atoms with Gasteiger partial charge in [-0.2, -0.15) is 0 Å². The number of alkyl halides is 1. The zero-order valence-corrected chi connectivity index (χ0v) is 8.20. The van der Waals surface area contributed by atoms with Crippen molar-refractivity contribution in [1.82, 2.24) is 0 Å². The number of hydrogen-bond donors (Lipinski definition) is 0. The average Bonchev–Trinajstić information content (AvgIpc) is 2.28. The monoisotopic (exact) mass is 194 g/mol. The van der Waals surface area contributed by atoms with Gasteiger partial charge in [0, 0.05) is 18.2 Å². The van der Waals surface area contributed by atoms with E-state index in [0.717, 1.165) is 0 Å². The van der Waals surface area contributed by atoms with Gasteiger partial charge in [0.05, 0.1) is 6.61 Å². The lowest BCUT2D eigenvalue weighted by atomic mass is 10.3. The lowest BCUT2D eigenvalue weighted by Crippen LogP contribution is -1.96.